The van der Waals surface area contributed by atoms with Crippen LogP contribution in [0.1, 0.15) is 45.5 Å². The lowest BCUT2D eigenvalue weighted by Crippen LogP contribution is -2.48. The molecule has 156 valence electrons. The Bertz CT molecular complexity index is 1030. The molecular formula is C22H21F3N4O. The second-order valence-corrected chi connectivity index (χ2v) is 7.19. The molecule has 30 heavy (non-hydrogen) atoms. The van der Waals surface area contributed by atoms with Crippen LogP contribution in [-0.2, 0) is 6.18 Å². The van der Waals surface area contributed by atoms with E-state index in [1.807, 2.05) is 12.1 Å². The number of likely N-dealkylation sites (tertiary alicyclic amines) is 1. The molecule has 3 N–H and O–H groups in total. The van der Waals surface area contributed by atoms with Crippen molar-refractivity contribution in [1.82, 2.24) is 10.2 Å². The van der Waals surface area contributed by atoms with Crippen LogP contribution in [0.5, 0.6) is 0 Å². The molecule has 0 unspecified atom stereocenters. The zero-order chi connectivity index (χ0) is 22.1. The lowest BCUT2D eigenvalue weighted by molar-refractivity contribution is -0.137. The summed E-state index contributed by atoms with van der Waals surface area (Å²) in [5.74, 6) is -0.211. The molecule has 1 amide bonds. The van der Waals surface area contributed by atoms with Gasteiger partial charge in [0.2, 0.25) is 0 Å². The highest BCUT2D eigenvalue weighted by Crippen LogP contribution is 2.36. The van der Waals surface area contributed by atoms with Crippen LogP contribution in [0.3, 0.4) is 0 Å². The van der Waals surface area contributed by atoms with Gasteiger partial charge in [-0.25, -0.2) is 0 Å². The van der Waals surface area contributed by atoms with Crippen LogP contribution in [-0.4, -0.2) is 30.9 Å². The van der Waals surface area contributed by atoms with Crippen LogP contribution < -0.4 is 11.1 Å². The maximum absolute atomic E-state index is 13.4. The van der Waals surface area contributed by atoms with Gasteiger partial charge in [-0.3, -0.25) is 4.79 Å². The summed E-state index contributed by atoms with van der Waals surface area (Å²) in [5.41, 5.74) is 6.89. The normalized spacial score (nSPS) is 15.1. The monoisotopic (exact) mass is 414 g/mol. The number of hydrogen-bond donors (Lipinski definition) is 2. The molecule has 1 saturated heterocycles. The van der Waals surface area contributed by atoms with Gasteiger partial charge in [0.25, 0.3) is 5.91 Å². The molecule has 8 heteroatoms. The van der Waals surface area contributed by atoms with Gasteiger partial charge in [-0.1, -0.05) is 12.1 Å². The fourth-order valence-electron chi connectivity index (χ4n) is 3.35. The minimum Gasteiger partial charge on any atom is -0.397 e. The van der Waals surface area contributed by atoms with Gasteiger partial charge in [0, 0.05) is 42.9 Å². The Labute approximate surface area is 172 Å². The second-order valence-electron chi connectivity index (χ2n) is 7.19. The SMILES string of the molecule is CN/C(C)=C(\N)c1cc(C(=O)N2CC(c3ccc(C#N)cc3)C2)ccc1C(F)(F)F. The number of carbonyl (C=O) groups is 1. The third-order valence-corrected chi connectivity index (χ3v) is 5.32. The second kappa shape index (κ2) is 8.11. The third kappa shape index (κ3) is 4.10. The minimum atomic E-state index is -4.59. The average Bonchev–Trinajstić information content (AvgIpc) is 2.70. The van der Waals surface area contributed by atoms with Crippen molar-refractivity contribution in [3.05, 3.63) is 76.0 Å². The number of benzene rings is 2. The molecule has 0 bridgehead atoms. The van der Waals surface area contributed by atoms with Gasteiger partial charge in [-0.2, -0.15) is 18.4 Å². The van der Waals surface area contributed by atoms with Crippen molar-refractivity contribution in [1.29, 1.82) is 5.26 Å². The molecule has 1 heterocycles. The van der Waals surface area contributed by atoms with Crippen molar-refractivity contribution in [3.63, 3.8) is 0 Å². The predicted molar refractivity (Wildman–Crippen MR) is 107 cm³/mol. The van der Waals surface area contributed by atoms with Gasteiger partial charge in [0.05, 0.1) is 22.9 Å². The first-order valence-corrected chi connectivity index (χ1v) is 9.30. The van der Waals surface area contributed by atoms with Crippen molar-refractivity contribution in [2.45, 2.75) is 19.0 Å². The van der Waals surface area contributed by atoms with Gasteiger partial charge < -0.3 is 16.0 Å². The van der Waals surface area contributed by atoms with E-state index < -0.39 is 11.7 Å². The Kier molecular flexibility index (Phi) is 5.74. The number of rotatable bonds is 4. The van der Waals surface area contributed by atoms with E-state index >= 15 is 0 Å². The highest BCUT2D eigenvalue weighted by atomic mass is 19.4. The summed E-state index contributed by atoms with van der Waals surface area (Å²) in [6.07, 6.45) is -4.59. The highest BCUT2D eigenvalue weighted by molar-refractivity contribution is 5.96. The Morgan fingerprint density at radius 3 is 2.37 bits per heavy atom. The number of allylic oxidation sites excluding steroid dienone is 1. The molecule has 0 saturated carbocycles. The molecule has 1 aliphatic heterocycles. The van der Waals surface area contributed by atoms with Crippen LogP contribution in [0.2, 0.25) is 0 Å². The molecule has 0 spiro atoms. The number of nitrogens with one attached hydrogen (secondary N) is 1. The van der Waals surface area contributed by atoms with Crippen LogP contribution in [0.25, 0.3) is 5.70 Å². The summed E-state index contributed by atoms with van der Waals surface area (Å²) in [7, 11) is 1.56. The molecule has 0 radical (unpaired) electrons. The number of amides is 1. The number of halogens is 3. The van der Waals surface area contributed by atoms with Crippen molar-refractivity contribution in [3.8, 4) is 6.07 Å². The largest absolute Gasteiger partial charge is 0.417 e. The molecule has 1 fully saturated rings. The van der Waals surface area contributed by atoms with Crippen LogP contribution >= 0.6 is 0 Å². The van der Waals surface area contributed by atoms with Gasteiger partial charge in [-0.05, 0) is 42.8 Å². The van der Waals surface area contributed by atoms with Crippen molar-refractivity contribution < 1.29 is 18.0 Å². The fraction of sp³-hybridized carbons (Fsp3) is 0.273. The molecule has 0 aliphatic carbocycles. The lowest BCUT2D eigenvalue weighted by atomic mass is 9.90. The first-order valence-electron chi connectivity index (χ1n) is 9.30. The maximum Gasteiger partial charge on any atom is 0.417 e. The summed E-state index contributed by atoms with van der Waals surface area (Å²) >= 11 is 0. The lowest BCUT2D eigenvalue weighted by Gasteiger charge is -2.39. The topological polar surface area (TPSA) is 82.2 Å². The first-order chi connectivity index (χ1) is 14.2. The van der Waals surface area contributed by atoms with Crippen LogP contribution in [0.4, 0.5) is 13.2 Å². The summed E-state index contributed by atoms with van der Waals surface area (Å²) in [4.78, 5) is 14.4. The van der Waals surface area contributed by atoms with E-state index in [1.165, 1.54) is 12.1 Å². The summed E-state index contributed by atoms with van der Waals surface area (Å²) < 4.78 is 40.3. The molecule has 0 aromatic heterocycles. The molecule has 5 nitrogen and oxygen atoms in total. The summed E-state index contributed by atoms with van der Waals surface area (Å²) in [6, 6.07) is 12.5. The van der Waals surface area contributed by atoms with Crippen LogP contribution in [0, 0.1) is 11.3 Å². The Balaban J connectivity index is 1.82. The Hall–Kier alpha value is -3.47. The number of nitrogens with two attached hydrogens (primary N) is 1. The standard InChI is InChI=1S/C22H21F3N4O/c1-13(28-2)20(27)18-9-16(7-8-19(18)22(23,24)25)21(30)29-11-17(12-29)15-5-3-14(10-26)4-6-15/h3-9,17,28H,11-12,27H2,1-2H3/b20-13-. The minimum absolute atomic E-state index is 0.0569. The Morgan fingerprint density at radius 2 is 1.83 bits per heavy atom. The predicted octanol–water partition coefficient (Wildman–Crippen LogP) is 3.68. The average molecular weight is 414 g/mol. The molecule has 0 atom stereocenters. The first kappa shape index (κ1) is 21.2. The van der Waals surface area contributed by atoms with Crippen molar-refractivity contribution in [2.24, 2.45) is 5.73 Å². The van der Waals surface area contributed by atoms with E-state index in [9.17, 15) is 18.0 Å². The van der Waals surface area contributed by atoms with Crippen LogP contribution in [0.15, 0.2) is 48.2 Å². The number of carbonyl (C=O) groups excluding carboxylic acids is 1. The van der Waals surface area contributed by atoms with E-state index in [-0.39, 0.29) is 28.6 Å². The van der Waals surface area contributed by atoms with Gasteiger partial charge in [0.1, 0.15) is 0 Å². The van der Waals surface area contributed by atoms with Crippen molar-refractivity contribution >= 4 is 11.6 Å². The fourth-order valence-corrected chi connectivity index (χ4v) is 3.35. The van der Waals surface area contributed by atoms with E-state index in [0.29, 0.717) is 24.4 Å². The molecule has 2 aromatic rings. The smallest absolute Gasteiger partial charge is 0.397 e. The number of nitriles is 1. The highest BCUT2D eigenvalue weighted by Gasteiger charge is 2.36. The molecule has 2 aromatic carbocycles. The van der Waals surface area contributed by atoms with E-state index in [1.54, 1.807) is 31.0 Å². The van der Waals surface area contributed by atoms with E-state index in [2.05, 4.69) is 11.4 Å². The maximum atomic E-state index is 13.4. The quantitative estimate of drug-likeness (QED) is 0.800. The number of nitrogens with zero attached hydrogens (tertiary/aromatic N) is 2. The number of alkyl halides is 3. The van der Waals surface area contributed by atoms with Gasteiger partial charge >= 0.3 is 6.18 Å². The zero-order valence-corrected chi connectivity index (χ0v) is 16.5. The number of hydrogen-bond acceptors (Lipinski definition) is 4. The Morgan fingerprint density at radius 1 is 1.20 bits per heavy atom. The van der Waals surface area contributed by atoms with E-state index in [4.69, 9.17) is 11.0 Å². The summed E-state index contributed by atoms with van der Waals surface area (Å²) in [5, 5.41) is 11.6. The van der Waals surface area contributed by atoms with Crippen molar-refractivity contribution in [2.75, 3.05) is 20.1 Å². The van der Waals surface area contributed by atoms with E-state index in [0.717, 1.165) is 11.6 Å². The summed E-state index contributed by atoms with van der Waals surface area (Å²) in [6.45, 7) is 2.49. The molecule has 3 rings (SSSR count). The van der Waals surface area contributed by atoms with Gasteiger partial charge in [0.15, 0.2) is 0 Å². The molecular weight excluding hydrogens is 393 g/mol. The van der Waals surface area contributed by atoms with Gasteiger partial charge in [-0.15, -0.1) is 0 Å². The molecule has 1 aliphatic rings. The third-order valence-electron chi connectivity index (χ3n) is 5.32. The zero-order valence-electron chi connectivity index (χ0n) is 16.5.